The SMILES string of the molecule is Cc1ccc2ccc(C)c(O)c2c1O. The summed E-state index contributed by atoms with van der Waals surface area (Å²) in [6.07, 6.45) is 0. The molecule has 0 aliphatic carbocycles. The quantitative estimate of drug-likeness (QED) is 0.667. The van der Waals surface area contributed by atoms with Crippen molar-refractivity contribution in [3.63, 3.8) is 0 Å². The second-order valence-electron chi connectivity index (χ2n) is 3.56. The molecule has 0 unspecified atom stereocenters. The third-order valence-corrected chi connectivity index (χ3v) is 2.54. The van der Waals surface area contributed by atoms with Crippen LogP contribution in [0.2, 0.25) is 0 Å². The third kappa shape index (κ3) is 1.11. The topological polar surface area (TPSA) is 40.5 Å². The van der Waals surface area contributed by atoms with Crippen LogP contribution in [0, 0.1) is 13.8 Å². The van der Waals surface area contributed by atoms with Gasteiger partial charge >= 0.3 is 0 Å². The third-order valence-electron chi connectivity index (χ3n) is 2.54. The van der Waals surface area contributed by atoms with Crippen LogP contribution in [0.1, 0.15) is 11.1 Å². The molecule has 0 heterocycles. The molecular formula is C12H12O2. The van der Waals surface area contributed by atoms with Gasteiger partial charge in [0.1, 0.15) is 11.5 Å². The first-order valence-electron chi connectivity index (χ1n) is 4.52. The highest BCUT2D eigenvalue weighted by atomic mass is 16.3. The summed E-state index contributed by atoms with van der Waals surface area (Å²) in [5, 5.41) is 21.0. The van der Waals surface area contributed by atoms with Gasteiger partial charge in [-0.2, -0.15) is 0 Å². The number of aromatic hydroxyl groups is 2. The lowest BCUT2D eigenvalue weighted by Crippen LogP contribution is -1.82. The Labute approximate surface area is 82.4 Å². The van der Waals surface area contributed by atoms with Crippen molar-refractivity contribution in [1.82, 2.24) is 0 Å². The summed E-state index contributed by atoms with van der Waals surface area (Å²) < 4.78 is 0. The van der Waals surface area contributed by atoms with E-state index in [0.717, 1.165) is 16.5 Å². The molecule has 2 nitrogen and oxygen atoms in total. The molecule has 0 atom stereocenters. The molecule has 0 spiro atoms. The second-order valence-corrected chi connectivity index (χ2v) is 3.56. The van der Waals surface area contributed by atoms with Gasteiger partial charge in [-0.15, -0.1) is 0 Å². The van der Waals surface area contributed by atoms with E-state index in [0.29, 0.717) is 5.39 Å². The van der Waals surface area contributed by atoms with E-state index < -0.39 is 0 Å². The van der Waals surface area contributed by atoms with Gasteiger partial charge in [-0.1, -0.05) is 24.3 Å². The first-order valence-corrected chi connectivity index (χ1v) is 4.52. The number of phenols is 2. The molecule has 2 aromatic carbocycles. The van der Waals surface area contributed by atoms with Crippen molar-refractivity contribution in [1.29, 1.82) is 0 Å². The van der Waals surface area contributed by atoms with Crippen LogP contribution in [0.4, 0.5) is 0 Å². The molecule has 0 bridgehead atoms. The molecule has 0 saturated heterocycles. The Morgan fingerprint density at radius 2 is 1.21 bits per heavy atom. The molecule has 0 saturated carbocycles. The zero-order valence-electron chi connectivity index (χ0n) is 8.20. The number of hydrogen-bond donors (Lipinski definition) is 2. The average molecular weight is 188 g/mol. The Bertz CT molecular complexity index is 458. The molecule has 0 aromatic heterocycles. The Morgan fingerprint density at radius 3 is 1.64 bits per heavy atom. The summed E-state index contributed by atoms with van der Waals surface area (Å²) in [6.45, 7) is 3.63. The maximum atomic E-state index is 9.80. The van der Waals surface area contributed by atoms with Crippen LogP contribution >= 0.6 is 0 Å². The van der Waals surface area contributed by atoms with Gasteiger partial charge in [0.25, 0.3) is 0 Å². The van der Waals surface area contributed by atoms with Crippen molar-refractivity contribution in [3.8, 4) is 11.5 Å². The van der Waals surface area contributed by atoms with Crippen LogP contribution in [0.15, 0.2) is 24.3 Å². The van der Waals surface area contributed by atoms with E-state index in [-0.39, 0.29) is 11.5 Å². The highest BCUT2D eigenvalue weighted by Gasteiger charge is 2.09. The predicted octanol–water partition coefficient (Wildman–Crippen LogP) is 2.87. The molecule has 14 heavy (non-hydrogen) atoms. The van der Waals surface area contributed by atoms with Crippen LogP contribution in [0.5, 0.6) is 11.5 Å². The van der Waals surface area contributed by atoms with Gasteiger partial charge in [-0.05, 0) is 30.4 Å². The van der Waals surface area contributed by atoms with Crippen LogP contribution < -0.4 is 0 Å². The van der Waals surface area contributed by atoms with E-state index in [9.17, 15) is 10.2 Å². The lowest BCUT2D eigenvalue weighted by atomic mass is 10.0. The Kier molecular flexibility index (Phi) is 1.84. The highest BCUT2D eigenvalue weighted by molar-refractivity contribution is 5.95. The molecular weight excluding hydrogens is 176 g/mol. The zero-order chi connectivity index (χ0) is 10.3. The summed E-state index contributed by atoms with van der Waals surface area (Å²) in [4.78, 5) is 0. The molecule has 0 fully saturated rings. The van der Waals surface area contributed by atoms with Gasteiger partial charge < -0.3 is 10.2 Å². The van der Waals surface area contributed by atoms with Crippen LogP contribution in [0.3, 0.4) is 0 Å². The van der Waals surface area contributed by atoms with E-state index in [2.05, 4.69) is 0 Å². The molecule has 0 radical (unpaired) electrons. The van der Waals surface area contributed by atoms with E-state index >= 15 is 0 Å². The van der Waals surface area contributed by atoms with Crippen LogP contribution in [0.25, 0.3) is 10.8 Å². The molecule has 0 aliphatic rings. The van der Waals surface area contributed by atoms with Crippen molar-refractivity contribution < 1.29 is 10.2 Å². The predicted molar refractivity (Wildman–Crippen MR) is 56.8 cm³/mol. The summed E-state index contributed by atoms with van der Waals surface area (Å²) in [7, 11) is 0. The number of phenolic OH excluding ortho intramolecular Hbond substituents is 2. The fourth-order valence-corrected chi connectivity index (χ4v) is 1.59. The summed E-state index contributed by atoms with van der Waals surface area (Å²) >= 11 is 0. The molecule has 0 aliphatic heterocycles. The average Bonchev–Trinajstić information content (AvgIpc) is 2.17. The highest BCUT2D eigenvalue weighted by Crippen LogP contribution is 2.36. The standard InChI is InChI=1S/C12H12O2/c1-7-3-5-9-6-4-8(2)12(14)10(9)11(7)13/h3-6,13-14H,1-2H3. The minimum absolute atomic E-state index is 0.170. The van der Waals surface area contributed by atoms with Gasteiger partial charge in [0, 0.05) is 0 Å². The van der Waals surface area contributed by atoms with E-state index in [1.54, 1.807) is 0 Å². The smallest absolute Gasteiger partial charge is 0.130 e. The molecule has 0 amide bonds. The summed E-state index contributed by atoms with van der Waals surface area (Å²) in [5.41, 5.74) is 1.55. The first-order chi connectivity index (χ1) is 6.61. The maximum Gasteiger partial charge on any atom is 0.130 e. The van der Waals surface area contributed by atoms with Gasteiger partial charge in [0.15, 0.2) is 0 Å². The fourth-order valence-electron chi connectivity index (χ4n) is 1.59. The molecule has 2 N–H and O–H groups in total. The fraction of sp³-hybridized carbons (Fsp3) is 0.167. The van der Waals surface area contributed by atoms with Gasteiger partial charge in [0.05, 0.1) is 5.39 Å². The van der Waals surface area contributed by atoms with Crippen molar-refractivity contribution >= 4 is 10.8 Å². The lowest BCUT2D eigenvalue weighted by molar-refractivity contribution is 0.459. The first kappa shape index (κ1) is 8.88. The van der Waals surface area contributed by atoms with Gasteiger partial charge in [-0.25, -0.2) is 0 Å². The number of rotatable bonds is 0. The summed E-state index contributed by atoms with van der Waals surface area (Å²) in [6, 6.07) is 7.46. The Balaban J connectivity index is 2.98. The van der Waals surface area contributed by atoms with E-state index in [1.165, 1.54) is 0 Å². The van der Waals surface area contributed by atoms with Gasteiger partial charge in [0.2, 0.25) is 0 Å². The zero-order valence-corrected chi connectivity index (χ0v) is 8.20. The molecule has 2 rings (SSSR count). The molecule has 2 heteroatoms. The maximum absolute atomic E-state index is 9.80. The number of aryl methyl sites for hydroxylation is 2. The minimum atomic E-state index is 0.170. The second kappa shape index (κ2) is 2.91. The van der Waals surface area contributed by atoms with E-state index in [4.69, 9.17) is 0 Å². The Hall–Kier alpha value is -1.70. The number of hydrogen-bond acceptors (Lipinski definition) is 2. The van der Waals surface area contributed by atoms with Crippen molar-refractivity contribution in [2.75, 3.05) is 0 Å². The normalized spacial score (nSPS) is 10.7. The van der Waals surface area contributed by atoms with Crippen LogP contribution in [-0.4, -0.2) is 10.2 Å². The monoisotopic (exact) mass is 188 g/mol. The lowest BCUT2D eigenvalue weighted by Gasteiger charge is -2.08. The Morgan fingerprint density at radius 1 is 0.786 bits per heavy atom. The minimum Gasteiger partial charge on any atom is -0.507 e. The van der Waals surface area contributed by atoms with Crippen molar-refractivity contribution in [2.24, 2.45) is 0 Å². The van der Waals surface area contributed by atoms with Gasteiger partial charge in [-0.3, -0.25) is 0 Å². The van der Waals surface area contributed by atoms with Crippen molar-refractivity contribution in [2.45, 2.75) is 13.8 Å². The molecule has 72 valence electrons. The molecule has 2 aromatic rings. The van der Waals surface area contributed by atoms with Crippen molar-refractivity contribution in [3.05, 3.63) is 35.4 Å². The summed E-state index contributed by atoms with van der Waals surface area (Å²) in [5.74, 6) is 0.340. The number of benzene rings is 2. The largest absolute Gasteiger partial charge is 0.507 e. The van der Waals surface area contributed by atoms with E-state index in [1.807, 2.05) is 38.1 Å². The number of fused-ring (bicyclic) bond motifs is 1. The van der Waals surface area contributed by atoms with Crippen LogP contribution in [-0.2, 0) is 0 Å².